The summed E-state index contributed by atoms with van der Waals surface area (Å²) in [6.45, 7) is 4.31. The second-order valence-electron chi connectivity index (χ2n) is 5.62. The van der Waals surface area contributed by atoms with Gasteiger partial charge < -0.3 is 0 Å². The molecule has 118 valence electrons. The minimum atomic E-state index is -0.175. The number of thiazole rings is 1. The number of nitrogens with zero attached hydrogens (tertiary/aromatic N) is 3. The molecular formula is C17H18N4OS. The number of carbonyl (C=O) groups is 1. The van der Waals surface area contributed by atoms with Crippen molar-refractivity contribution in [2.24, 2.45) is 5.10 Å². The number of carbonyl (C=O) groups excluding carboxylic acids is 1. The van der Waals surface area contributed by atoms with Gasteiger partial charge in [0.2, 0.25) is 5.91 Å². The first kappa shape index (κ1) is 15.4. The summed E-state index contributed by atoms with van der Waals surface area (Å²) >= 11 is 1.54. The monoisotopic (exact) mass is 326 g/mol. The van der Waals surface area contributed by atoms with Crippen molar-refractivity contribution in [1.29, 1.82) is 0 Å². The summed E-state index contributed by atoms with van der Waals surface area (Å²) in [7, 11) is 0. The molecule has 1 amide bonds. The van der Waals surface area contributed by atoms with E-state index in [4.69, 9.17) is 0 Å². The second-order valence-corrected chi connectivity index (χ2v) is 6.49. The average Bonchev–Trinajstić information content (AvgIpc) is 3.09. The molecule has 0 aliphatic heterocycles. The van der Waals surface area contributed by atoms with Crippen molar-refractivity contribution < 1.29 is 4.79 Å². The molecule has 1 aromatic carbocycles. The van der Waals surface area contributed by atoms with E-state index in [0.29, 0.717) is 5.92 Å². The van der Waals surface area contributed by atoms with Crippen LogP contribution in [-0.2, 0) is 11.2 Å². The molecule has 5 nitrogen and oxygen atoms in total. The van der Waals surface area contributed by atoms with E-state index in [0.717, 1.165) is 16.2 Å². The van der Waals surface area contributed by atoms with Gasteiger partial charge in [-0.3, -0.25) is 9.20 Å². The number of rotatable bonds is 5. The van der Waals surface area contributed by atoms with Crippen LogP contribution in [0.2, 0.25) is 0 Å². The number of nitrogens with one attached hydrogen (secondary N) is 1. The molecule has 23 heavy (non-hydrogen) atoms. The Hall–Kier alpha value is -2.47. The number of fused-ring (bicyclic) bond motifs is 1. The minimum absolute atomic E-state index is 0.175. The lowest BCUT2D eigenvalue weighted by Gasteiger charge is -2.04. The van der Waals surface area contributed by atoms with Gasteiger partial charge in [-0.1, -0.05) is 38.1 Å². The van der Waals surface area contributed by atoms with Crippen LogP contribution in [-0.4, -0.2) is 21.5 Å². The van der Waals surface area contributed by atoms with Crippen molar-refractivity contribution in [1.82, 2.24) is 14.8 Å². The predicted molar refractivity (Wildman–Crippen MR) is 93.0 cm³/mol. The summed E-state index contributed by atoms with van der Waals surface area (Å²) in [5, 5.41) is 5.96. The van der Waals surface area contributed by atoms with Gasteiger partial charge in [-0.2, -0.15) is 5.10 Å². The molecule has 2 heterocycles. The van der Waals surface area contributed by atoms with E-state index < -0.39 is 0 Å². The van der Waals surface area contributed by atoms with Gasteiger partial charge >= 0.3 is 0 Å². The van der Waals surface area contributed by atoms with Gasteiger partial charge in [-0.25, -0.2) is 10.4 Å². The van der Waals surface area contributed by atoms with Crippen LogP contribution in [0.15, 0.2) is 47.1 Å². The highest BCUT2D eigenvalue weighted by molar-refractivity contribution is 7.15. The van der Waals surface area contributed by atoms with Crippen molar-refractivity contribution in [2.75, 3.05) is 0 Å². The van der Waals surface area contributed by atoms with Crippen LogP contribution in [0.25, 0.3) is 4.96 Å². The van der Waals surface area contributed by atoms with Gasteiger partial charge in [0, 0.05) is 17.8 Å². The van der Waals surface area contributed by atoms with E-state index in [1.54, 1.807) is 17.6 Å². The summed E-state index contributed by atoms with van der Waals surface area (Å²) in [6, 6.07) is 8.14. The van der Waals surface area contributed by atoms with E-state index in [1.807, 2.05) is 34.3 Å². The number of hydrazone groups is 1. The zero-order valence-corrected chi connectivity index (χ0v) is 13.9. The van der Waals surface area contributed by atoms with Crippen LogP contribution in [0.3, 0.4) is 0 Å². The molecular weight excluding hydrogens is 308 g/mol. The van der Waals surface area contributed by atoms with Crippen molar-refractivity contribution in [3.63, 3.8) is 0 Å². The highest BCUT2D eigenvalue weighted by atomic mass is 32.1. The van der Waals surface area contributed by atoms with E-state index in [1.165, 1.54) is 5.56 Å². The Morgan fingerprint density at radius 1 is 1.39 bits per heavy atom. The molecule has 0 fully saturated rings. The molecule has 0 unspecified atom stereocenters. The zero-order valence-electron chi connectivity index (χ0n) is 13.1. The van der Waals surface area contributed by atoms with E-state index >= 15 is 0 Å². The molecule has 3 aromatic rings. The summed E-state index contributed by atoms with van der Waals surface area (Å²) in [5.74, 6) is 0.330. The van der Waals surface area contributed by atoms with E-state index in [2.05, 4.69) is 41.5 Å². The number of benzene rings is 1. The zero-order chi connectivity index (χ0) is 16.2. The van der Waals surface area contributed by atoms with Gasteiger partial charge in [-0.15, -0.1) is 11.3 Å². The molecule has 0 aliphatic rings. The van der Waals surface area contributed by atoms with Crippen LogP contribution >= 0.6 is 11.3 Å². The molecule has 0 saturated carbocycles. The average molecular weight is 326 g/mol. The molecule has 1 N–H and O–H groups in total. The maximum atomic E-state index is 11.9. The molecule has 6 heteroatoms. The highest BCUT2D eigenvalue weighted by Gasteiger charge is 2.07. The quantitative estimate of drug-likeness (QED) is 0.578. The Bertz CT molecular complexity index is 801. The Morgan fingerprint density at radius 3 is 2.87 bits per heavy atom. The normalized spacial score (nSPS) is 11.6. The van der Waals surface area contributed by atoms with Crippen LogP contribution in [0.4, 0.5) is 0 Å². The molecule has 0 atom stereocenters. The Morgan fingerprint density at radius 2 is 2.17 bits per heavy atom. The first-order chi connectivity index (χ1) is 11.1. The number of amides is 1. The third-order valence-corrected chi connectivity index (χ3v) is 4.26. The molecule has 0 radical (unpaired) electrons. The third kappa shape index (κ3) is 3.84. The van der Waals surface area contributed by atoms with Crippen molar-refractivity contribution >= 4 is 28.4 Å². The minimum Gasteiger partial charge on any atom is -0.297 e. The maximum absolute atomic E-state index is 11.9. The van der Waals surface area contributed by atoms with Crippen molar-refractivity contribution in [2.45, 2.75) is 26.2 Å². The standard InChI is InChI=1S/C17H18N4OS/c1-12(2)14-5-3-13(4-6-14)10-18-20-16(22)9-15-11-21-7-8-23-17(21)19-15/h3-8,10-12H,9H2,1-2H3,(H,20,22). The summed E-state index contributed by atoms with van der Waals surface area (Å²) in [6.07, 6.45) is 5.65. The van der Waals surface area contributed by atoms with Crippen LogP contribution in [0.5, 0.6) is 0 Å². The largest absolute Gasteiger partial charge is 0.297 e. The first-order valence-electron chi connectivity index (χ1n) is 7.45. The summed E-state index contributed by atoms with van der Waals surface area (Å²) in [5.41, 5.74) is 5.52. The Kier molecular flexibility index (Phi) is 4.52. The fraction of sp³-hybridized carbons (Fsp3) is 0.235. The smallest absolute Gasteiger partial charge is 0.246 e. The highest BCUT2D eigenvalue weighted by Crippen LogP contribution is 2.14. The van der Waals surface area contributed by atoms with Gasteiger partial charge in [0.15, 0.2) is 4.96 Å². The second kappa shape index (κ2) is 6.75. The topological polar surface area (TPSA) is 58.8 Å². The summed E-state index contributed by atoms with van der Waals surface area (Å²) < 4.78 is 1.91. The lowest BCUT2D eigenvalue weighted by molar-refractivity contribution is -0.120. The number of hydrogen-bond acceptors (Lipinski definition) is 4. The molecule has 2 aromatic heterocycles. The lowest BCUT2D eigenvalue weighted by Crippen LogP contribution is -2.19. The van der Waals surface area contributed by atoms with Crippen molar-refractivity contribution in [3.8, 4) is 0 Å². The van der Waals surface area contributed by atoms with E-state index in [9.17, 15) is 4.79 Å². The molecule has 3 rings (SSSR count). The number of imidazole rings is 1. The van der Waals surface area contributed by atoms with Crippen LogP contribution in [0, 0.1) is 0 Å². The summed E-state index contributed by atoms with van der Waals surface area (Å²) in [4.78, 5) is 17.1. The predicted octanol–water partition coefficient (Wildman–Crippen LogP) is 3.21. The molecule has 0 bridgehead atoms. The fourth-order valence-corrected chi connectivity index (χ4v) is 2.93. The van der Waals surface area contributed by atoms with Gasteiger partial charge in [-0.05, 0) is 17.0 Å². The number of hydrogen-bond donors (Lipinski definition) is 1. The molecule has 0 spiro atoms. The SMILES string of the molecule is CC(C)c1ccc(C=NNC(=O)Cc2cn3ccsc3n2)cc1. The third-order valence-electron chi connectivity index (χ3n) is 3.49. The fourth-order valence-electron chi connectivity index (χ4n) is 2.21. The van der Waals surface area contributed by atoms with E-state index in [-0.39, 0.29) is 12.3 Å². The van der Waals surface area contributed by atoms with Gasteiger partial charge in [0.05, 0.1) is 18.3 Å². The number of aromatic nitrogens is 2. The van der Waals surface area contributed by atoms with Crippen LogP contribution < -0.4 is 5.43 Å². The lowest BCUT2D eigenvalue weighted by atomic mass is 10.0. The molecule has 0 saturated heterocycles. The van der Waals surface area contributed by atoms with Gasteiger partial charge in [0.25, 0.3) is 0 Å². The van der Waals surface area contributed by atoms with Crippen molar-refractivity contribution in [3.05, 3.63) is 58.9 Å². The maximum Gasteiger partial charge on any atom is 0.246 e. The van der Waals surface area contributed by atoms with Crippen LogP contribution in [0.1, 0.15) is 36.6 Å². The Balaban J connectivity index is 1.54. The molecule has 0 aliphatic carbocycles. The Labute approximate surface area is 138 Å². The first-order valence-corrected chi connectivity index (χ1v) is 8.33. The van der Waals surface area contributed by atoms with Gasteiger partial charge in [0.1, 0.15) is 0 Å².